The highest BCUT2D eigenvalue weighted by molar-refractivity contribution is 14.1. The van der Waals surface area contributed by atoms with E-state index in [0.717, 1.165) is 37.8 Å². The lowest BCUT2D eigenvalue weighted by Gasteiger charge is -2.23. The van der Waals surface area contributed by atoms with Crippen molar-refractivity contribution in [3.05, 3.63) is 103 Å². The molecule has 37 heavy (non-hydrogen) atoms. The van der Waals surface area contributed by atoms with Crippen molar-refractivity contribution in [3.63, 3.8) is 0 Å². The molecule has 184 valence electrons. The predicted octanol–water partition coefficient (Wildman–Crippen LogP) is 6.07. The van der Waals surface area contributed by atoms with Gasteiger partial charge >= 0.3 is 0 Å². The van der Waals surface area contributed by atoms with Crippen LogP contribution in [0.4, 0.5) is 0 Å². The summed E-state index contributed by atoms with van der Waals surface area (Å²) in [5, 5.41) is 7.09. The fraction of sp³-hybridized carbons (Fsp3) is 0.167. The molecule has 1 aliphatic heterocycles. The molecular formula is C30H23IN2O4. The van der Waals surface area contributed by atoms with Crippen LogP contribution in [0.25, 0.3) is 10.8 Å². The summed E-state index contributed by atoms with van der Waals surface area (Å²) in [4.78, 5) is 26.6. The third kappa shape index (κ3) is 4.07. The van der Waals surface area contributed by atoms with Crippen LogP contribution in [0.1, 0.15) is 48.5 Å². The molecule has 2 amide bonds. The SMILES string of the molecule is COc1cc(/C=N\N2C(=O)c3ccc4c5c(ccc(c35)C2=O)CC4)cc(I)c1OCc1ccc(C)cc1. The molecule has 1 heterocycles. The second-order valence-electron chi connectivity index (χ2n) is 9.27. The lowest BCUT2D eigenvalue weighted by atomic mass is 9.92. The number of halogens is 1. The van der Waals surface area contributed by atoms with Crippen LogP contribution in [0.15, 0.2) is 65.8 Å². The highest BCUT2D eigenvalue weighted by Gasteiger charge is 2.35. The van der Waals surface area contributed by atoms with Crippen LogP contribution in [0.3, 0.4) is 0 Å². The molecule has 0 unspecified atom stereocenters. The molecule has 1 aliphatic carbocycles. The number of hydrazone groups is 1. The summed E-state index contributed by atoms with van der Waals surface area (Å²) in [6.45, 7) is 2.46. The molecule has 0 radical (unpaired) electrons. The molecule has 7 heteroatoms. The minimum atomic E-state index is -0.413. The van der Waals surface area contributed by atoms with Gasteiger partial charge in [0, 0.05) is 5.39 Å². The van der Waals surface area contributed by atoms with Crippen LogP contribution in [0.5, 0.6) is 11.5 Å². The monoisotopic (exact) mass is 602 g/mol. The van der Waals surface area contributed by atoms with E-state index < -0.39 is 11.8 Å². The zero-order chi connectivity index (χ0) is 25.7. The summed E-state index contributed by atoms with van der Waals surface area (Å²) in [6.07, 6.45) is 3.38. The first-order chi connectivity index (χ1) is 17.9. The van der Waals surface area contributed by atoms with Crippen molar-refractivity contribution in [2.75, 3.05) is 7.11 Å². The van der Waals surface area contributed by atoms with Gasteiger partial charge in [-0.1, -0.05) is 42.0 Å². The number of nitrogens with zero attached hydrogens (tertiary/aromatic N) is 2. The fourth-order valence-corrected chi connectivity index (χ4v) is 5.81. The fourth-order valence-electron chi connectivity index (χ4n) is 5.03. The van der Waals surface area contributed by atoms with Gasteiger partial charge in [0.2, 0.25) is 0 Å². The molecule has 0 saturated heterocycles. The van der Waals surface area contributed by atoms with Gasteiger partial charge in [0.25, 0.3) is 11.8 Å². The third-order valence-corrected chi connectivity index (χ3v) is 7.72. The molecule has 6 rings (SSSR count). The van der Waals surface area contributed by atoms with E-state index in [2.05, 4.69) is 27.7 Å². The number of methoxy groups -OCH3 is 1. The lowest BCUT2D eigenvalue weighted by molar-refractivity contribution is 0.0616. The maximum Gasteiger partial charge on any atom is 0.282 e. The van der Waals surface area contributed by atoms with E-state index >= 15 is 0 Å². The second-order valence-corrected chi connectivity index (χ2v) is 10.4. The molecule has 0 bridgehead atoms. The number of imide groups is 1. The second kappa shape index (κ2) is 9.30. The van der Waals surface area contributed by atoms with Crippen LogP contribution in [-0.2, 0) is 19.4 Å². The molecule has 0 saturated carbocycles. The number of carbonyl (C=O) groups is 2. The van der Waals surface area contributed by atoms with Crippen LogP contribution in [0.2, 0.25) is 0 Å². The number of amides is 2. The van der Waals surface area contributed by atoms with E-state index in [-0.39, 0.29) is 0 Å². The summed E-state index contributed by atoms with van der Waals surface area (Å²) < 4.78 is 12.5. The third-order valence-electron chi connectivity index (χ3n) is 6.92. The minimum Gasteiger partial charge on any atom is -0.493 e. The summed E-state index contributed by atoms with van der Waals surface area (Å²) in [6, 6.07) is 19.5. The number of rotatable bonds is 6. The zero-order valence-electron chi connectivity index (χ0n) is 20.4. The van der Waals surface area contributed by atoms with Crippen molar-refractivity contribution >= 4 is 51.4 Å². The van der Waals surface area contributed by atoms with Crippen molar-refractivity contribution in [1.29, 1.82) is 0 Å². The van der Waals surface area contributed by atoms with Gasteiger partial charge in [-0.25, -0.2) is 0 Å². The standard InChI is InChI=1S/C30H23IN2O4/c1-17-3-5-18(6-4-17)16-37-28-24(31)13-19(14-25(28)36-2)15-32-33-29(34)22-11-9-20-7-8-21-10-12-23(30(33)35)27(22)26(20)21/h3-6,9-15H,7-8,16H2,1-2H3/b32-15-. The van der Waals surface area contributed by atoms with Crippen molar-refractivity contribution in [1.82, 2.24) is 5.01 Å². The Morgan fingerprint density at radius 2 is 1.57 bits per heavy atom. The average molecular weight is 602 g/mol. The number of aryl methyl sites for hydroxylation is 3. The Balaban J connectivity index is 1.28. The summed E-state index contributed by atoms with van der Waals surface area (Å²) in [5.41, 5.74) is 6.35. The van der Waals surface area contributed by atoms with E-state index in [9.17, 15) is 9.59 Å². The first kappa shape index (κ1) is 23.7. The molecule has 0 spiro atoms. The molecule has 4 aromatic rings. The van der Waals surface area contributed by atoms with E-state index in [4.69, 9.17) is 9.47 Å². The Morgan fingerprint density at radius 3 is 2.19 bits per heavy atom. The van der Waals surface area contributed by atoms with Gasteiger partial charge in [-0.05, 0) is 94.3 Å². The van der Waals surface area contributed by atoms with Crippen LogP contribution in [0, 0.1) is 10.5 Å². The molecule has 6 nitrogen and oxygen atoms in total. The Kier molecular flexibility index (Phi) is 5.95. The number of carbonyl (C=O) groups excluding carboxylic acids is 2. The Bertz CT molecular complexity index is 1570. The first-order valence-corrected chi connectivity index (χ1v) is 13.1. The van der Waals surface area contributed by atoms with Crippen molar-refractivity contribution in [2.24, 2.45) is 5.10 Å². The summed E-state index contributed by atoms with van der Waals surface area (Å²) in [5.74, 6) is 0.349. The van der Waals surface area contributed by atoms with Crippen molar-refractivity contribution < 1.29 is 19.1 Å². The number of ether oxygens (including phenoxy) is 2. The molecule has 0 atom stereocenters. The zero-order valence-corrected chi connectivity index (χ0v) is 22.5. The Hall–Kier alpha value is -3.72. The van der Waals surface area contributed by atoms with Crippen molar-refractivity contribution in [3.8, 4) is 11.5 Å². The number of hydrogen-bond donors (Lipinski definition) is 0. The average Bonchev–Trinajstić information content (AvgIpc) is 3.33. The van der Waals surface area contributed by atoms with Gasteiger partial charge in [0.1, 0.15) is 6.61 Å². The predicted molar refractivity (Wildman–Crippen MR) is 151 cm³/mol. The van der Waals surface area contributed by atoms with Gasteiger partial charge in [0.15, 0.2) is 11.5 Å². The molecule has 0 aromatic heterocycles. The quantitative estimate of drug-likeness (QED) is 0.153. The van der Waals surface area contributed by atoms with Crippen molar-refractivity contribution in [2.45, 2.75) is 26.4 Å². The van der Waals surface area contributed by atoms with Gasteiger partial charge < -0.3 is 9.47 Å². The van der Waals surface area contributed by atoms with Gasteiger partial charge in [-0.15, -0.1) is 0 Å². The van der Waals surface area contributed by atoms with Crippen LogP contribution in [-0.4, -0.2) is 30.1 Å². The largest absolute Gasteiger partial charge is 0.493 e. The molecule has 0 fully saturated rings. The van der Waals surface area contributed by atoms with Crippen LogP contribution < -0.4 is 9.47 Å². The number of hydrogen-bond acceptors (Lipinski definition) is 5. The molecule has 4 aromatic carbocycles. The minimum absolute atomic E-state index is 0.408. The normalized spacial score (nSPS) is 14.2. The first-order valence-electron chi connectivity index (χ1n) is 12.0. The highest BCUT2D eigenvalue weighted by Crippen LogP contribution is 2.38. The topological polar surface area (TPSA) is 68.2 Å². The molecule has 2 aliphatic rings. The van der Waals surface area contributed by atoms with Gasteiger partial charge in [-0.2, -0.15) is 10.1 Å². The van der Waals surface area contributed by atoms with Gasteiger partial charge in [-0.3, -0.25) is 9.59 Å². The maximum atomic E-state index is 13.3. The lowest BCUT2D eigenvalue weighted by Crippen LogP contribution is -2.36. The summed E-state index contributed by atoms with van der Waals surface area (Å²) in [7, 11) is 1.58. The van der Waals surface area contributed by atoms with E-state index in [1.165, 1.54) is 22.9 Å². The van der Waals surface area contributed by atoms with E-state index in [0.29, 0.717) is 34.8 Å². The van der Waals surface area contributed by atoms with E-state index in [1.807, 2.05) is 61.5 Å². The summed E-state index contributed by atoms with van der Waals surface area (Å²) >= 11 is 2.19. The molecule has 0 N–H and O–H groups in total. The number of benzene rings is 4. The smallest absolute Gasteiger partial charge is 0.282 e. The Labute approximate surface area is 228 Å². The maximum absolute atomic E-state index is 13.3. The Morgan fingerprint density at radius 1 is 0.919 bits per heavy atom. The van der Waals surface area contributed by atoms with Gasteiger partial charge in [0.05, 0.1) is 28.0 Å². The molecular weight excluding hydrogens is 579 g/mol. The van der Waals surface area contributed by atoms with Crippen LogP contribution >= 0.6 is 22.6 Å². The highest BCUT2D eigenvalue weighted by atomic mass is 127. The van der Waals surface area contributed by atoms with E-state index in [1.54, 1.807) is 13.2 Å².